The van der Waals surface area contributed by atoms with Crippen molar-refractivity contribution < 1.29 is 4.42 Å². The van der Waals surface area contributed by atoms with Gasteiger partial charge in [-0.2, -0.15) is 0 Å². The van der Waals surface area contributed by atoms with Crippen LogP contribution in [-0.2, 0) is 7.05 Å². The van der Waals surface area contributed by atoms with E-state index in [-0.39, 0.29) is 0 Å². The number of nitrogens with zero attached hydrogens (tertiary/aromatic N) is 10. The lowest BCUT2D eigenvalue weighted by Crippen LogP contribution is -1.95. The van der Waals surface area contributed by atoms with Crippen molar-refractivity contribution in [3.05, 3.63) is 235 Å². The number of rotatable bonds is 1. The fourth-order valence-corrected chi connectivity index (χ4v) is 9.13. The highest BCUT2D eigenvalue weighted by Crippen LogP contribution is 2.29. The standard InChI is InChI=1S/C14H12N2.C12H9NO.C12H9NS.C9H10N2.C9H8N2.C5H6N2/c1-11-15-13-9-5-6-10-14(13)16(11)12-7-3-2-4-8-12;2*1-8-13-12-10-5-3-2-4-9(10)6-7-11(12)14-8;1-7-10-8-5-3-4-6-9(8)11(7)2;1-7-6-10-8-4-2-3-5-9(8)11-7;1-5-4-6-2-3-7-5/h2-10H,1H3;2*2-7H,1H3;3-6H,1-2H3;2-6H,1H3;2-4H,1H3. The Balaban J connectivity index is 0.000000109. The molecule has 0 saturated carbocycles. The Labute approximate surface area is 427 Å². The second kappa shape index (κ2) is 22.8. The molecule has 0 amide bonds. The predicted molar refractivity (Wildman–Crippen MR) is 300 cm³/mol. The van der Waals surface area contributed by atoms with Gasteiger partial charge in [0.05, 0.1) is 59.7 Å². The average molecular weight is 975 g/mol. The molecule has 6 aromatic heterocycles. The summed E-state index contributed by atoms with van der Waals surface area (Å²) in [6.07, 6.45) is 6.84. The van der Waals surface area contributed by atoms with Crippen LogP contribution in [0.15, 0.2) is 205 Å². The van der Waals surface area contributed by atoms with Crippen LogP contribution in [0.25, 0.3) is 81.6 Å². The summed E-state index contributed by atoms with van der Waals surface area (Å²) in [4.78, 5) is 34.1. The quantitative estimate of drug-likeness (QED) is 0.158. The number of oxazole rings is 1. The molecule has 0 atom stereocenters. The highest BCUT2D eigenvalue weighted by Gasteiger charge is 2.09. The third-order valence-corrected chi connectivity index (χ3v) is 12.7. The SMILES string of the molecule is Cc1cnc2ccccc2n1.Cc1cnccn1.Cc1nc2c(ccc3ccccc32)o1.Cc1nc2c(ccc3ccccc32)s1.Cc1nc2ccccc2n1-c1ccccc1.Cc1nc2ccccc2n1C. The second-order valence-electron chi connectivity index (χ2n) is 17.1. The lowest BCUT2D eigenvalue weighted by atomic mass is 10.1. The molecule has 0 aliphatic rings. The predicted octanol–water partition coefficient (Wildman–Crippen LogP) is 15.0. The van der Waals surface area contributed by atoms with Crippen LogP contribution in [0.1, 0.15) is 33.9 Å². The molecule has 14 rings (SSSR count). The summed E-state index contributed by atoms with van der Waals surface area (Å²) in [6.45, 7) is 11.8. The van der Waals surface area contributed by atoms with Crippen LogP contribution in [-0.4, -0.2) is 49.0 Å². The van der Waals surface area contributed by atoms with Crippen molar-refractivity contribution >= 4 is 87.3 Å². The third-order valence-electron chi connectivity index (χ3n) is 11.8. The zero-order valence-corrected chi connectivity index (χ0v) is 42.7. The third kappa shape index (κ3) is 11.8. The van der Waals surface area contributed by atoms with Crippen molar-refractivity contribution in [1.29, 1.82) is 0 Å². The number of thiazole rings is 1. The van der Waals surface area contributed by atoms with Gasteiger partial charge in [-0.3, -0.25) is 19.5 Å². The van der Waals surface area contributed by atoms with Crippen molar-refractivity contribution in [3.8, 4) is 5.69 Å². The molecule has 73 heavy (non-hydrogen) atoms. The Morgan fingerprint density at radius 2 is 1.03 bits per heavy atom. The first kappa shape index (κ1) is 49.0. The molecule has 6 heterocycles. The molecule has 360 valence electrons. The number of aryl methyl sites for hydroxylation is 7. The maximum absolute atomic E-state index is 5.46. The van der Waals surface area contributed by atoms with Gasteiger partial charge in [0.25, 0.3) is 0 Å². The summed E-state index contributed by atoms with van der Waals surface area (Å²) in [5.41, 5.74) is 12.4. The van der Waals surface area contributed by atoms with Crippen LogP contribution < -0.4 is 0 Å². The first-order valence-corrected chi connectivity index (χ1v) is 24.7. The summed E-state index contributed by atoms with van der Waals surface area (Å²) in [5.74, 6) is 2.80. The molecule has 0 aliphatic heterocycles. The Kier molecular flexibility index (Phi) is 15.3. The van der Waals surface area contributed by atoms with Crippen molar-refractivity contribution in [2.45, 2.75) is 41.5 Å². The van der Waals surface area contributed by atoms with Crippen molar-refractivity contribution in [3.63, 3.8) is 0 Å². The van der Waals surface area contributed by atoms with E-state index in [1.165, 1.54) is 26.4 Å². The highest BCUT2D eigenvalue weighted by atomic mass is 32.1. The summed E-state index contributed by atoms with van der Waals surface area (Å²) in [6, 6.07) is 59.5. The molecule has 0 saturated heterocycles. The van der Waals surface area contributed by atoms with Crippen LogP contribution in [0.3, 0.4) is 0 Å². The van der Waals surface area contributed by atoms with Crippen LogP contribution in [0.4, 0.5) is 0 Å². The first-order valence-electron chi connectivity index (χ1n) is 23.9. The van der Waals surface area contributed by atoms with E-state index in [9.17, 15) is 0 Å². The smallest absolute Gasteiger partial charge is 0.192 e. The number of aromatic nitrogens is 10. The molecule has 11 nitrogen and oxygen atoms in total. The zero-order chi connectivity index (χ0) is 50.7. The van der Waals surface area contributed by atoms with Gasteiger partial charge in [-0.1, -0.05) is 115 Å². The molecule has 12 heteroatoms. The lowest BCUT2D eigenvalue weighted by molar-refractivity contribution is 0.561. The van der Waals surface area contributed by atoms with E-state index in [1.807, 2.05) is 139 Å². The van der Waals surface area contributed by atoms with Gasteiger partial charge in [0.2, 0.25) is 0 Å². The Morgan fingerprint density at radius 1 is 0.438 bits per heavy atom. The molecule has 0 N–H and O–H groups in total. The van der Waals surface area contributed by atoms with Gasteiger partial charge >= 0.3 is 0 Å². The highest BCUT2D eigenvalue weighted by molar-refractivity contribution is 7.18. The lowest BCUT2D eigenvalue weighted by Gasteiger charge is -2.05. The minimum atomic E-state index is 0.719. The molecule has 14 aromatic rings. The van der Waals surface area contributed by atoms with E-state index < -0.39 is 0 Å². The fraction of sp³-hybridized carbons (Fsp3) is 0.115. The summed E-state index contributed by atoms with van der Waals surface area (Å²) in [7, 11) is 2.03. The Hall–Kier alpha value is -9.00. The minimum absolute atomic E-state index is 0.719. The van der Waals surface area contributed by atoms with Crippen LogP contribution in [0, 0.1) is 41.5 Å². The maximum Gasteiger partial charge on any atom is 0.192 e. The molecule has 0 unspecified atom stereocenters. The van der Waals surface area contributed by atoms with Crippen LogP contribution in [0.2, 0.25) is 0 Å². The first-order chi connectivity index (χ1) is 35.6. The second-order valence-corrected chi connectivity index (χ2v) is 18.3. The van der Waals surface area contributed by atoms with E-state index in [1.54, 1.807) is 36.1 Å². The van der Waals surface area contributed by atoms with Gasteiger partial charge in [-0.05, 0) is 106 Å². The largest absolute Gasteiger partial charge is 0.441 e. The molecular formula is C61H54N10OS. The van der Waals surface area contributed by atoms with Gasteiger partial charge in [0, 0.05) is 55.2 Å². The summed E-state index contributed by atoms with van der Waals surface area (Å²) >= 11 is 1.76. The van der Waals surface area contributed by atoms with Crippen molar-refractivity contribution in [2.75, 3.05) is 0 Å². The fourth-order valence-electron chi connectivity index (χ4n) is 8.28. The molecule has 0 fully saturated rings. The van der Waals surface area contributed by atoms with E-state index in [0.717, 1.165) is 89.2 Å². The number of para-hydroxylation sites is 7. The van der Waals surface area contributed by atoms with Gasteiger partial charge in [-0.15, -0.1) is 11.3 Å². The van der Waals surface area contributed by atoms with Crippen LogP contribution >= 0.6 is 11.3 Å². The minimum Gasteiger partial charge on any atom is -0.441 e. The Bertz CT molecular complexity index is 3980. The molecule has 0 spiro atoms. The zero-order valence-electron chi connectivity index (χ0n) is 41.8. The topological polar surface area (TPSA) is 126 Å². The number of fused-ring (bicyclic) bond motifs is 9. The van der Waals surface area contributed by atoms with E-state index in [0.29, 0.717) is 0 Å². The van der Waals surface area contributed by atoms with Gasteiger partial charge in [0.15, 0.2) is 11.5 Å². The molecule has 0 aliphatic carbocycles. The molecule has 8 aromatic carbocycles. The van der Waals surface area contributed by atoms with Crippen LogP contribution in [0.5, 0.6) is 0 Å². The van der Waals surface area contributed by atoms with Gasteiger partial charge in [0.1, 0.15) is 17.2 Å². The average Bonchev–Trinajstić information content (AvgIpc) is 4.18. The molecule has 0 radical (unpaired) electrons. The summed E-state index contributed by atoms with van der Waals surface area (Å²) < 4.78 is 11.0. The normalized spacial score (nSPS) is 10.7. The maximum atomic E-state index is 5.46. The number of hydrogen-bond acceptors (Lipinski definition) is 10. The molecule has 0 bridgehead atoms. The van der Waals surface area contributed by atoms with Gasteiger partial charge < -0.3 is 8.98 Å². The van der Waals surface area contributed by atoms with E-state index in [4.69, 9.17) is 4.42 Å². The van der Waals surface area contributed by atoms with Crippen molar-refractivity contribution in [1.82, 2.24) is 49.0 Å². The number of benzene rings is 8. The number of imidazole rings is 2. The summed E-state index contributed by atoms with van der Waals surface area (Å²) in [5, 5.41) is 6.02. The van der Waals surface area contributed by atoms with E-state index >= 15 is 0 Å². The molecular weight excluding hydrogens is 921 g/mol. The monoisotopic (exact) mass is 974 g/mol. The van der Waals surface area contributed by atoms with Crippen molar-refractivity contribution in [2.24, 2.45) is 7.05 Å². The van der Waals surface area contributed by atoms with E-state index in [2.05, 4.69) is 135 Å². The Morgan fingerprint density at radius 3 is 1.70 bits per heavy atom. The number of hydrogen-bond donors (Lipinski definition) is 0. The van der Waals surface area contributed by atoms with Gasteiger partial charge in [-0.25, -0.2) is 24.9 Å².